The standard InChI is InChI=1S/C28H35N5O3/c1-4-33-27(35)23-12-7-6-11-22(23)26(30-33)28(36)31-15-9-16-32(25(34)18-20(2)3)24-13-8-5-10-21(24)19-29-14-17-31/h5-8,10-13,20,29H,4,9,14-19H2,1-3H3. The van der Waals surface area contributed by atoms with E-state index in [1.165, 1.54) is 4.68 Å². The Balaban J connectivity index is 1.64. The number of aromatic nitrogens is 2. The van der Waals surface area contributed by atoms with Gasteiger partial charge in [-0.25, -0.2) is 4.68 Å². The normalized spacial score (nSPS) is 15.0. The molecule has 4 rings (SSSR count). The maximum absolute atomic E-state index is 13.8. The van der Waals surface area contributed by atoms with Gasteiger partial charge >= 0.3 is 0 Å². The minimum absolute atomic E-state index is 0.0947. The molecule has 190 valence electrons. The lowest BCUT2D eigenvalue weighted by Gasteiger charge is -2.27. The van der Waals surface area contributed by atoms with Crippen molar-refractivity contribution < 1.29 is 9.59 Å². The molecule has 8 heteroatoms. The number of nitrogens with one attached hydrogen (secondary N) is 1. The molecule has 2 aromatic carbocycles. The predicted octanol–water partition coefficient (Wildman–Crippen LogP) is 3.43. The summed E-state index contributed by atoms with van der Waals surface area (Å²) in [5.74, 6) is 0.150. The van der Waals surface area contributed by atoms with Crippen LogP contribution in [0.3, 0.4) is 0 Å². The van der Waals surface area contributed by atoms with E-state index < -0.39 is 0 Å². The predicted molar refractivity (Wildman–Crippen MR) is 142 cm³/mol. The van der Waals surface area contributed by atoms with Gasteiger partial charge in [0.1, 0.15) is 0 Å². The summed E-state index contributed by atoms with van der Waals surface area (Å²) >= 11 is 0. The summed E-state index contributed by atoms with van der Waals surface area (Å²) in [6.45, 7) is 9.03. The Morgan fingerprint density at radius 3 is 2.47 bits per heavy atom. The molecule has 0 saturated carbocycles. The molecule has 0 fully saturated rings. The minimum atomic E-state index is -0.202. The first-order valence-electron chi connectivity index (χ1n) is 12.8. The molecule has 2 heterocycles. The fraction of sp³-hybridized carbons (Fsp3) is 0.429. The maximum atomic E-state index is 13.8. The van der Waals surface area contributed by atoms with Gasteiger partial charge < -0.3 is 15.1 Å². The summed E-state index contributed by atoms with van der Waals surface area (Å²) in [5.41, 5.74) is 2.09. The minimum Gasteiger partial charge on any atom is -0.336 e. The average Bonchev–Trinajstić information content (AvgIpc) is 2.91. The lowest BCUT2D eigenvalue weighted by molar-refractivity contribution is -0.119. The van der Waals surface area contributed by atoms with Gasteiger partial charge in [0.25, 0.3) is 11.5 Å². The number of carbonyl (C=O) groups is 2. The molecule has 1 N–H and O–H groups in total. The molecule has 0 radical (unpaired) electrons. The van der Waals surface area contributed by atoms with E-state index in [0.29, 0.717) is 62.9 Å². The van der Waals surface area contributed by atoms with Crippen molar-refractivity contribution in [1.29, 1.82) is 0 Å². The maximum Gasteiger partial charge on any atom is 0.274 e. The Labute approximate surface area is 211 Å². The van der Waals surface area contributed by atoms with E-state index in [-0.39, 0.29) is 29.0 Å². The van der Waals surface area contributed by atoms with Gasteiger partial charge in [0, 0.05) is 56.8 Å². The highest BCUT2D eigenvalue weighted by Crippen LogP contribution is 2.23. The Kier molecular flexibility index (Phi) is 8.15. The van der Waals surface area contributed by atoms with Gasteiger partial charge in [0.2, 0.25) is 5.91 Å². The first kappa shape index (κ1) is 25.6. The van der Waals surface area contributed by atoms with Crippen molar-refractivity contribution in [3.8, 4) is 0 Å². The molecule has 1 aliphatic heterocycles. The summed E-state index contributed by atoms with van der Waals surface area (Å²) < 4.78 is 1.35. The van der Waals surface area contributed by atoms with Gasteiger partial charge in [-0.2, -0.15) is 5.10 Å². The van der Waals surface area contributed by atoms with Gasteiger partial charge in [-0.15, -0.1) is 0 Å². The Bertz CT molecular complexity index is 1300. The van der Waals surface area contributed by atoms with E-state index in [1.807, 2.05) is 56.0 Å². The fourth-order valence-corrected chi connectivity index (χ4v) is 4.69. The van der Waals surface area contributed by atoms with Crippen molar-refractivity contribution in [3.63, 3.8) is 0 Å². The quantitative estimate of drug-likeness (QED) is 0.607. The Hall–Kier alpha value is -3.52. The number of anilines is 1. The van der Waals surface area contributed by atoms with E-state index in [2.05, 4.69) is 10.4 Å². The van der Waals surface area contributed by atoms with Crippen LogP contribution < -0.4 is 15.8 Å². The monoisotopic (exact) mass is 489 g/mol. The van der Waals surface area contributed by atoms with Crippen molar-refractivity contribution in [2.45, 2.75) is 46.7 Å². The van der Waals surface area contributed by atoms with Crippen LogP contribution in [0.1, 0.15) is 49.7 Å². The molecule has 2 amide bonds. The summed E-state index contributed by atoms with van der Waals surface area (Å²) in [6, 6.07) is 15.1. The third-order valence-electron chi connectivity index (χ3n) is 6.51. The van der Waals surface area contributed by atoms with E-state index in [1.54, 1.807) is 23.1 Å². The molecular weight excluding hydrogens is 454 g/mol. The van der Waals surface area contributed by atoms with Crippen molar-refractivity contribution in [2.24, 2.45) is 5.92 Å². The largest absolute Gasteiger partial charge is 0.336 e. The molecule has 1 aliphatic rings. The fourth-order valence-electron chi connectivity index (χ4n) is 4.69. The van der Waals surface area contributed by atoms with Crippen LogP contribution in [-0.2, 0) is 17.9 Å². The van der Waals surface area contributed by atoms with Crippen LogP contribution in [0.15, 0.2) is 53.3 Å². The molecule has 0 atom stereocenters. The van der Waals surface area contributed by atoms with Crippen molar-refractivity contribution >= 4 is 28.3 Å². The summed E-state index contributed by atoms with van der Waals surface area (Å²) in [7, 11) is 0. The SMILES string of the molecule is CCn1nc(C(=O)N2CCCN(C(=O)CC(C)C)c3ccccc3CNCC2)c2ccccc2c1=O. The Morgan fingerprint density at radius 1 is 1.00 bits per heavy atom. The van der Waals surface area contributed by atoms with Crippen LogP contribution in [0.4, 0.5) is 5.69 Å². The molecule has 1 aromatic heterocycles. The number of hydrogen-bond donors (Lipinski definition) is 1. The van der Waals surface area contributed by atoms with Crippen LogP contribution in [0.2, 0.25) is 0 Å². The van der Waals surface area contributed by atoms with Crippen molar-refractivity contribution in [1.82, 2.24) is 20.0 Å². The number of para-hydroxylation sites is 1. The van der Waals surface area contributed by atoms with Gasteiger partial charge in [0.15, 0.2) is 5.69 Å². The Morgan fingerprint density at radius 2 is 1.72 bits per heavy atom. The number of nitrogens with zero attached hydrogens (tertiary/aromatic N) is 4. The summed E-state index contributed by atoms with van der Waals surface area (Å²) in [5, 5.41) is 8.95. The second kappa shape index (κ2) is 11.5. The molecule has 8 nitrogen and oxygen atoms in total. The lowest BCUT2D eigenvalue weighted by atomic mass is 10.1. The number of benzene rings is 2. The zero-order chi connectivity index (χ0) is 25.7. The smallest absolute Gasteiger partial charge is 0.274 e. The first-order valence-corrected chi connectivity index (χ1v) is 12.8. The number of carbonyl (C=O) groups excluding carboxylic acids is 2. The van der Waals surface area contributed by atoms with E-state index in [4.69, 9.17) is 0 Å². The van der Waals surface area contributed by atoms with E-state index in [0.717, 1.165) is 11.3 Å². The zero-order valence-corrected chi connectivity index (χ0v) is 21.4. The number of hydrogen-bond acceptors (Lipinski definition) is 5. The third kappa shape index (κ3) is 5.49. The second-order valence-corrected chi connectivity index (χ2v) is 9.61. The number of rotatable bonds is 4. The summed E-state index contributed by atoms with van der Waals surface area (Å²) in [4.78, 5) is 43.4. The topological polar surface area (TPSA) is 87.5 Å². The number of fused-ring (bicyclic) bond motifs is 2. The second-order valence-electron chi connectivity index (χ2n) is 9.61. The van der Waals surface area contributed by atoms with Crippen molar-refractivity contribution in [3.05, 3.63) is 70.1 Å². The van der Waals surface area contributed by atoms with E-state index in [9.17, 15) is 14.4 Å². The lowest BCUT2D eigenvalue weighted by Crippen LogP contribution is -2.40. The van der Waals surface area contributed by atoms with Crippen LogP contribution >= 0.6 is 0 Å². The average molecular weight is 490 g/mol. The highest BCUT2D eigenvalue weighted by molar-refractivity contribution is 6.04. The summed E-state index contributed by atoms with van der Waals surface area (Å²) in [6.07, 6.45) is 1.11. The zero-order valence-electron chi connectivity index (χ0n) is 21.4. The molecular formula is C28H35N5O3. The van der Waals surface area contributed by atoms with Gasteiger partial charge in [0.05, 0.1) is 5.39 Å². The molecule has 0 spiro atoms. The van der Waals surface area contributed by atoms with Crippen LogP contribution in [-0.4, -0.2) is 52.7 Å². The van der Waals surface area contributed by atoms with Gasteiger partial charge in [-0.3, -0.25) is 14.4 Å². The van der Waals surface area contributed by atoms with Crippen molar-refractivity contribution in [2.75, 3.05) is 31.1 Å². The van der Waals surface area contributed by atoms with Crippen LogP contribution in [0.25, 0.3) is 10.8 Å². The van der Waals surface area contributed by atoms with Gasteiger partial charge in [-0.1, -0.05) is 50.2 Å². The molecule has 0 saturated heterocycles. The highest BCUT2D eigenvalue weighted by atomic mass is 16.2. The number of amides is 2. The molecule has 3 aromatic rings. The first-order chi connectivity index (χ1) is 17.4. The third-order valence-corrected chi connectivity index (χ3v) is 6.51. The number of aryl methyl sites for hydroxylation is 1. The van der Waals surface area contributed by atoms with E-state index >= 15 is 0 Å². The molecule has 0 aliphatic carbocycles. The molecule has 0 unspecified atom stereocenters. The van der Waals surface area contributed by atoms with Crippen LogP contribution in [0, 0.1) is 5.92 Å². The van der Waals surface area contributed by atoms with Gasteiger partial charge in [-0.05, 0) is 37.0 Å². The highest BCUT2D eigenvalue weighted by Gasteiger charge is 2.24. The van der Waals surface area contributed by atoms with Crippen LogP contribution in [0.5, 0.6) is 0 Å². The molecule has 36 heavy (non-hydrogen) atoms. The molecule has 0 bridgehead atoms.